The van der Waals surface area contributed by atoms with Gasteiger partial charge in [0.25, 0.3) is 0 Å². The molecule has 0 atom stereocenters. The second-order valence-electron chi connectivity index (χ2n) is 8.18. The molecule has 0 aliphatic heterocycles. The van der Waals surface area contributed by atoms with Gasteiger partial charge in [-0.05, 0) is 44.7 Å². The minimum Gasteiger partial charge on any atom is -0.293 e. The van der Waals surface area contributed by atoms with Crippen molar-refractivity contribution in [2.75, 3.05) is 0 Å². The fraction of sp³-hybridized carbons (Fsp3) is 0.739. The minimum atomic E-state index is -0.806. The maximum atomic E-state index is 13.4. The highest BCUT2D eigenvalue weighted by Gasteiger charge is 2.54. The van der Waals surface area contributed by atoms with E-state index in [1.165, 1.54) is 62.7 Å². The monoisotopic (exact) mass is 532 g/mol. The molecule has 0 amide bonds. The highest BCUT2D eigenvalue weighted by molar-refractivity contribution is 9.12. The lowest BCUT2D eigenvalue weighted by Gasteiger charge is -2.26. The molecule has 0 spiro atoms. The van der Waals surface area contributed by atoms with Gasteiger partial charge in [-0.1, -0.05) is 90.9 Å². The van der Waals surface area contributed by atoms with Crippen molar-refractivity contribution in [2.45, 2.75) is 104 Å². The van der Waals surface area contributed by atoms with Gasteiger partial charge in [0.1, 0.15) is 0 Å². The number of halogens is 2. The summed E-state index contributed by atoms with van der Waals surface area (Å²) in [5, 5.41) is 0. The summed E-state index contributed by atoms with van der Waals surface area (Å²) < 4.78 is 1.61. The normalized spacial score (nSPS) is 15.4. The van der Waals surface area contributed by atoms with Gasteiger partial charge >= 0.3 is 0 Å². The standard InChI is InChI=1S/C23H34Br2O2S/c1-3-5-7-9-11-13-15-23(16-14-12-10-8-6-4-2)19(26)17-18(20(23)27)22(25)28-21(17)24/h3-16H2,1-2H3. The summed E-state index contributed by atoms with van der Waals surface area (Å²) in [4.78, 5) is 26.9. The first kappa shape index (κ1) is 24.3. The zero-order valence-electron chi connectivity index (χ0n) is 17.4. The molecular weight excluding hydrogens is 500 g/mol. The Kier molecular flexibility index (Phi) is 10.4. The van der Waals surface area contributed by atoms with Crippen molar-refractivity contribution in [3.8, 4) is 0 Å². The molecular formula is C23H34Br2O2S. The van der Waals surface area contributed by atoms with E-state index in [0.717, 1.165) is 33.3 Å². The van der Waals surface area contributed by atoms with Crippen molar-refractivity contribution in [2.24, 2.45) is 5.41 Å². The largest absolute Gasteiger partial charge is 0.293 e. The maximum absolute atomic E-state index is 13.4. The number of Topliss-reactive ketones (excluding diaryl/α,β-unsaturated/α-hetero) is 2. The molecule has 1 aromatic rings. The molecule has 0 unspecified atom stereocenters. The predicted octanol–water partition coefficient (Wildman–Crippen LogP) is 9.14. The van der Waals surface area contributed by atoms with Crippen LogP contribution in [0.1, 0.15) is 124 Å². The Morgan fingerprint density at radius 1 is 0.643 bits per heavy atom. The van der Waals surface area contributed by atoms with Crippen molar-refractivity contribution in [1.29, 1.82) is 0 Å². The predicted molar refractivity (Wildman–Crippen MR) is 127 cm³/mol. The molecule has 1 aromatic heterocycles. The number of fused-ring (bicyclic) bond motifs is 1. The van der Waals surface area contributed by atoms with Crippen molar-refractivity contribution in [1.82, 2.24) is 0 Å². The molecule has 1 aliphatic rings. The zero-order valence-corrected chi connectivity index (χ0v) is 21.4. The molecule has 0 N–H and O–H groups in total. The minimum absolute atomic E-state index is 0.0726. The van der Waals surface area contributed by atoms with E-state index in [4.69, 9.17) is 0 Å². The molecule has 0 radical (unpaired) electrons. The Labute approximate surface area is 191 Å². The highest BCUT2D eigenvalue weighted by Crippen LogP contribution is 2.52. The zero-order chi connectivity index (χ0) is 20.6. The van der Waals surface area contributed by atoms with Crippen LogP contribution in [0.3, 0.4) is 0 Å². The molecule has 1 heterocycles. The number of carbonyl (C=O) groups is 2. The molecule has 0 saturated heterocycles. The topological polar surface area (TPSA) is 34.1 Å². The number of unbranched alkanes of at least 4 members (excludes halogenated alkanes) is 10. The van der Waals surface area contributed by atoms with Gasteiger partial charge < -0.3 is 0 Å². The average Bonchev–Trinajstić information content (AvgIpc) is 3.08. The summed E-state index contributed by atoms with van der Waals surface area (Å²) in [5.74, 6) is 0.145. The molecule has 2 rings (SSSR count). The van der Waals surface area contributed by atoms with E-state index in [9.17, 15) is 9.59 Å². The van der Waals surface area contributed by atoms with Crippen LogP contribution in [-0.4, -0.2) is 11.6 Å². The summed E-state index contributed by atoms with van der Waals surface area (Å²) in [6, 6.07) is 0. The Morgan fingerprint density at radius 2 is 1.00 bits per heavy atom. The van der Waals surface area contributed by atoms with Crippen molar-refractivity contribution in [3.05, 3.63) is 18.7 Å². The van der Waals surface area contributed by atoms with E-state index in [2.05, 4.69) is 45.7 Å². The lowest BCUT2D eigenvalue weighted by molar-refractivity contribution is 0.0655. The first-order valence-electron chi connectivity index (χ1n) is 11.1. The summed E-state index contributed by atoms with van der Waals surface area (Å²) in [6.45, 7) is 4.44. The van der Waals surface area contributed by atoms with Crippen LogP contribution >= 0.6 is 43.2 Å². The fourth-order valence-electron chi connectivity index (χ4n) is 4.36. The highest BCUT2D eigenvalue weighted by atomic mass is 79.9. The molecule has 1 aliphatic carbocycles. The third kappa shape index (κ3) is 5.57. The third-order valence-corrected chi connectivity index (χ3v) is 8.59. The van der Waals surface area contributed by atoms with Gasteiger partial charge in [0.05, 0.1) is 24.1 Å². The van der Waals surface area contributed by atoms with Crippen LogP contribution < -0.4 is 0 Å². The Balaban J connectivity index is 2.05. The van der Waals surface area contributed by atoms with E-state index in [0.29, 0.717) is 24.0 Å². The van der Waals surface area contributed by atoms with E-state index < -0.39 is 5.41 Å². The fourth-order valence-corrected chi connectivity index (χ4v) is 7.49. The molecule has 5 heteroatoms. The lowest BCUT2D eigenvalue weighted by Crippen LogP contribution is -2.34. The summed E-state index contributed by atoms with van der Waals surface area (Å²) in [7, 11) is 0. The van der Waals surface area contributed by atoms with Crippen LogP contribution in [0.5, 0.6) is 0 Å². The van der Waals surface area contributed by atoms with Crippen LogP contribution in [0.2, 0.25) is 0 Å². The van der Waals surface area contributed by atoms with Gasteiger partial charge in [-0.25, -0.2) is 0 Å². The lowest BCUT2D eigenvalue weighted by atomic mass is 9.74. The number of thiophene rings is 1. The number of carbonyl (C=O) groups excluding carboxylic acids is 2. The quantitative estimate of drug-likeness (QED) is 0.176. The first-order chi connectivity index (χ1) is 13.5. The maximum Gasteiger partial charge on any atom is 0.179 e. The molecule has 2 nitrogen and oxygen atoms in total. The van der Waals surface area contributed by atoms with Gasteiger partial charge in [-0.2, -0.15) is 0 Å². The van der Waals surface area contributed by atoms with E-state index in [1.807, 2.05) is 0 Å². The number of ketones is 2. The summed E-state index contributed by atoms with van der Waals surface area (Å²) in [6.07, 6.45) is 15.6. The van der Waals surface area contributed by atoms with Crippen LogP contribution in [-0.2, 0) is 0 Å². The SMILES string of the molecule is CCCCCCCCC1(CCCCCCCC)C(=O)c2c(Br)sc(Br)c2C1=O. The number of rotatable bonds is 14. The molecule has 28 heavy (non-hydrogen) atoms. The van der Waals surface area contributed by atoms with E-state index in [-0.39, 0.29) is 11.6 Å². The van der Waals surface area contributed by atoms with Crippen LogP contribution in [0.15, 0.2) is 7.57 Å². The molecule has 0 fully saturated rings. The smallest absolute Gasteiger partial charge is 0.179 e. The van der Waals surface area contributed by atoms with Gasteiger partial charge in [0.15, 0.2) is 11.6 Å². The van der Waals surface area contributed by atoms with Crippen LogP contribution in [0.4, 0.5) is 0 Å². The molecule has 158 valence electrons. The first-order valence-corrected chi connectivity index (χ1v) is 13.5. The van der Waals surface area contributed by atoms with E-state index in [1.54, 1.807) is 0 Å². The van der Waals surface area contributed by atoms with Gasteiger partial charge in [0.2, 0.25) is 0 Å². The van der Waals surface area contributed by atoms with Crippen molar-refractivity contribution >= 4 is 54.8 Å². The molecule has 0 bridgehead atoms. The molecule has 0 aromatic carbocycles. The number of hydrogen-bond acceptors (Lipinski definition) is 3. The third-order valence-electron chi connectivity index (χ3n) is 6.06. The Hall–Kier alpha value is -0.000000000000000167. The Morgan fingerprint density at radius 3 is 1.39 bits per heavy atom. The number of hydrogen-bond donors (Lipinski definition) is 0. The summed E-state index contributed by atoms with van der Waals surface area (Å²) in [5.41, 5.74) is 0.469. The second kappa shape index (κ2) is 12.0. The average molecular weight is 534 g/mol. The van der Waals surface area contributed by atoms with Crippen LogP contribution in [0.25, 0.3) is 0 Å². The van der Waals surface area contributed by atoms with Gasteiger partial charge in [-0.3, -0.25) is 9.59 Å². The van der Waals surface area contributed by atoms with Crippen molar-refractivity contribution in [3.63, 3.8) is 0 Å². The van der Waals surface area contributed by atoms with E-state index >= 15 is 0 Å². The van der Waals surface area contributed by atoms with Gasteiger partial charge in [-0.15, -0.1) is 11.3 Å². The molecule has 0 saturated carbocycles. The van der Waals surface area contributed by atoms with Crippen molar-refractivity contribution < 1.29 is 9.59 Å². The van der Waals surface area contributed by atoms with Crippen LogP contribution in [0, 0.1) is 5.41 Å². The summed E-state index contributed by atoms with van der Waals surface area (Å²) >= 11 is 8.49. The Bertz CT molecular complexity index is 611. The van der Waals surface area contributed by atoms with Gasteiger partial charge in [0, 0.05) is 0 Å². The second-order valence-corrected chi connectivity index (χ2v) is 11.8.